The Labute approximate surface area is 77.8 Å². The Morgan fingerprint density at radius 2 is 1.90 bits per heavy atom. The molecular weight excluding hydrogens is 211 g/mol. The summed E-state index contributed by atoms with van der Waals surface area (Å²) in [7, 11) is 0. The predicted octanol–water partition coefficient (Wildman–Crippen LogP) is 4.33. The normalized spacial score (nSPS) is 8.00. The molecule has 0 atom stereocenters. The van der Waals surface area contributed by atoms with E-state index >= 15 is 0 Å². The maximum atomic E-state index is 5.38. The number of hydrogen-bond acceptors (Lipinski definition) is 0. The van der Waals surface area contributed by atoms with Gasteiger partial charge in [0.25, 0.3) is 0 Å². The summed E-state index contributed by atoms with van der Waals surface area (Å²) >= 11 is 8.46. The lowest BCUT2D eigenvalue weighted by molar-refractivity contribution is 0.776. The van der Waals surface area contributed by atoms with Crippen LogP contribution in [-0.4, -0.2) is 5.88 Å². The Morgan fingerprint density at radius 1 is 1.50 bits per heavy atom. The van der Waals surface area contributed by atoms with Crippen LogP contribution in [0.15, 0.2) is 11.1 Å². The van der Waals surface area contributed by atoms with Gasteiger partial charge >= 0.3 is 0 Å². The molecule has 0 N–H and O–H groups in total. The van der Waals surface area contributed by atoms with E-state index in [0.717, 1.165) is 10.4 Å². The van der Waals surface area contributed by atoms with Crippen molar-refractivity contribution in [1.29, 1.82) is 0 Å². The van der Waals surface area contributed by atoms with Gasteiger partial charge in [0.05, 0.1) is 0 Å². The summed E-state index contributed by atoms with van der Waals surface area (Å²) in [6, 6.07) is 0. The fraction of sp³-hybridized carbons (Fsp3) is 0.750. The van der Waals surface area contributed by atoms with E-state index in [1.165, 1.54) is 19.3 Å². The van der Waals surface area contributed by atoms with Crippen LogP contribution in [0, 0.1) is 0 Å². The molecule has 0 aromatic heterocycles. The molecule has 0 spiro atoms. The standard InChI is InChI=1S/C5H11Cl.C3H5Br/c1-2-3-4-5-6;1-3(2)4/h2-5H2,1H3;1H2,2H3. The van der Waals surface area contributed by atoms with Gasteiger partial charge < -0.3 is 0 Å². The smallest absolute Gasteiger partial charge is 0.0223 e. The van der Waals surface area contributed by atoms with E-state index < -0.39 is 0 Å². The lowest BCUT2D eigenvalue weighted by Gasteiger charge is -1.84. The first-order valence-electron chi connectivity index (χ1n) is 3.52. The minimum absolute atomic E-state index is 0.827. The third-order valence-electron chi connectivity index (χ3n) is 0.737. The van der Waals surface area contributed by atoms with Crippen molar-refractivity contribution in [1.82, 2.24) is 0 Å². The zero-order chi connectivity index (χ0) is 8.41. The van der Waals surface area contributed by atoms with Crippen LogP contribution in [0.25, 0.3) is 0 Å². The molecule has 0 nitrogen and oxygen atoms in total. The highest BCUT2D eigenvalue weighted by atomic mass is 79.9. The molecule has 0 saturated heterocycles. The number of unbranched alkanes of at least 4 members (excludes halogenated alkanes) is 2. The molecule has 0 aromatic rings. The maximum Gasteiger partial charge on any atom is 0.0223 e. The van der Waals surface area contributed by atoms with Crippen LogP contribution in [0.1, 0.15) is 33.1 Å². The molecule has 2 heteroatoms. The van der Waals surface area contributed by atoms with E-state index in [9.17, 15) is 0 Å². The van der Waals surface area contributed by atoms with Gasteiger partial charge in [0.2, 0.25) is 0 Å². The molecule has 0 fully saturated rings. The highest BCUT2D eigenvalue weighted by Gasteiger charge is 1.76. The molecule has 0 aliphatic heterocycles. The van der Waals surface area contributed by atoms with Gasteiger partial charge in [0.15, 0.2) is 0 Å². The third-order valence-corrected chi connectivity index (χ3v) is 1.00. The molecular formula is C8H16BrCl. The SMILES string of the molecule is C=C(C)Br.CCCCCCl. The van der Waals surface area contributed by atoms with Crippen LogP contribution >= 0.6 is 27.5 Å². The first-order valence-corrected chi connectivity index (χ1v) is 4.84. The van der Waals surface area contributed by atoms with E-state index in [0.29, 0.717) is 0 Å². The summed E-state index contributed by atoms with van der Waals surface area (Å²) in [4.78, 5) is 0. The molecule has 0 amide bonds. The fourth-order valence-corrected chi connectivity index (χ4v) is 0.533. The number of rotatable bonds is 3. The zero-order valence-corrected chi connectivity index (χ0v) is 9.13. The largest absolute Gasteiger partial charge is 0.127 e. The molecule has 0 aliphatic carbocycles. The van der Waals surface area contributed by atoms with E-state index in [1.807, 2.05) is 6.92 Å². The second kappa shape index (κ2) is 12.2. The Hall–Kier alpha value is 0.510. The van der Waals surface area contributed by atoms with Gasteiger partial charge in [0, 0.05) is 5.88 Å². The summed E-state index contributed by atoms with van der Waals surface area (Å²) < 4.78 is 0.979. The molecule has 0 rings (SSSR count). The number of hydrogen-bond donors (Lipinski definition) is 0. The van der Waals surface area contributed by atoms with E-state index in [-0.39, 0.29) is 0 Å². The minimum Gasteiger partial charge on any atom is -0.127 e. The van der Waals surface area contributed by atoms with Crippen LogP contribution in [-0.2, 0) is 0 Å². The summed E-state index contributed by atoms with van der Waals surface area (Å²) in [6.45, 7) is 7.53. The molecule has 0 saturated carbocycles. The molecule has 0 heterocycles. The molecule has 10 heavy (non-hydrogen) atoms. The van der Waals surface area contributed by atoms with E-state index in [1.54, 1.807) is 0 Å². The summed E-state index contributed by atoms with van der Waals surface area (Å²) in [6.07, 6.45) is 3.73. The second-order valence-electron chi connectivity index (χ2n) is 2.07. The molecule has 0 radical (unpaired) electrons. The van der Waals surface area contributed by atoms with Gasteiger partial charge in [-0.15, -0.1) is 11.6 Å². The quantitative estimate of drug-likeness (QED) is 0.497. The molecule has 62 valence electrons. The van der Waals surface area contributed by atoms with Crippen molar-refractivity contribution in [3.8, 4) is 0 Å². The average Bonchev–Trinajstić information content (AvgIpc) is 1.82. The number of halogens is 2. The maximum absolute atomic E-state index is 5.38. The van der Waals surface area contributed by atoms with Crippen LogP contribution in [0.4, 0.5) is 0 Å². The lowest BCUT2D eigenvalue weighted by Crippen LogP contribution is -1.70. The van der Waals surface area contributed by atoms with Crippen LogP contribution in [0.3, 0.4) is 0 Å². The van der Waals surface area contributed by atoms with Crippen molar-refractivity contribution < 1.29 is 0 Å². The highest BCUT2D eigenvalue weighted by molar-refractivity contribution is 9.11. The van der Waals surface area contributed by atoms with Gasteiger partial charge in [-0.1, -0.05) is 42.3 Å². The van der Waals surface area contributed by atoms with E-state index in [4.69, 9.17) is 11.6 Å². The first kappa shape index (κ1) is 13.1. The van der Waals surface area contributed by atoms with Crippen molar-refractivity contribution in [2.45, 2.75) is 33.1 Å². The summed E-state index contributed by atoms with van der Waals surface area (Å²) in [5, 5.41) is 0. The Kier molecular flexibility index (Phi) is 16.0. The van der Waals surface area contributed by atoms with Crippen molar-refractivity contribution in [2.24, 2.45) is 0 Å². The lowest BCUT2D eigenvalue weighted by atomic mass is 10.3. The topological polar surface area (TPSA) is 0 Å². The molecule has 0 unspecified atom stereocenters. The van der Waals surface area contributed by atoms with Crippen LogP contribution < -0.4 is 0 Å². The van der Waals surface area contributed by atoms with Gasteiger partial charge in [-0.05, 0) is 17.8 Å². The zero-order valence-electron chi connectivity index (χ0n) is 6.79. The van der Waals surface area contributed by atoms with E-state index in [2.05, 4.69) is 29.4 Å². The first-order chi connectivity index (χ1) is 4.65. The van der Waals surface area contributed by atoms with Crippen LogP contribution in [0.2, 0.25) is 0 Å². The summed E-state index contributed by atoms with van der Waals surface area (Å²) in [5.74, 6) is 0.827. The second-order valence-corrected chi connectivity index (χ2v) is 3.80. The van der Waals surface area contributed by atoms with Gasteiger partial charge in [-0.2, -0.15) is 0 Å². The van der Waals surface area contributed by atoms with Gasteiger partial charge in [0.1, 0.15) is 0 Å². The fourth-order valence-electron chi connectivity index (χ4n) is 0.344. The minimum atomic E-state index is 0.827. The summed E-state index contributed by atoms with van der Waals surface area (Å²) in [5.41, 5.74) is 0. The Balaban J connectivity index is 0. The van der Waals surface area contributed by atoms with Crippen molar-refractivity contribution >= 4 is 27.5 Å². The Morgan fingerprint density at radius 3 is 2.00 bits per heavy atom. The van der Waals surface area contributed by atoms with Gasteiger partial charge in [-0.25, -0.2) is 0 Å². The van der Waals surface area contributed by atoms with Crippen molar-refractivity contribution in [2.75, 3.05) is 5.88 Å². The highest BCUT2D eigenvalue weighted by Crippen LogP contribution is 1.93. The van der Waals surface area contributed by atoms with Crippen molar-refractivity contribution in [3.63, 3.8) is 0 Å². The Bertz CT molecular complexity index is 63.7. The predicted molar refractivity (Wildman–Crippen MR) is 54.0 cm³/mol. The molecule has 0 bridgehead atoms. The molecule has 0 aromatic carbocycles. The van der Waals surface area contributed by atoms with Crippen molar-refractivity contribution in [3.05, 3.63) is 11.1 Å². The number of alkyl halides is 1. The van der Waals surface area contributed by atoms with Crippen LogP contribution in [0.5, 0.6) is 0 Å². The third kappa shape index (κ3) is 39.0. The molecule has 0 aliphatic rings. The van der Waals surface area contributed by atoms with Gasteiger partial charge in [-0.3, -0.25) is 0 Å². The monoisotopic (exact) mass is 226 g/mol. The average molecular weight is 228 g/mol. The number of allylic oxidation sites excluding steroid dienone is 1.